The predicted octanol–water partition coefficient (Wildman–Crippen LogP) is 25.3. The Morgan fingerprint density at radius 2 is 0.764 bits per heavy atom. The number of furan rings is 2. The minimum atomic E-state index is 0.0632. The largest absolute Gasteiger partial charge is 0.456 e. The number of para-hydroxylation sites is 3. The molecule has 8 aromatic carbocycles. The van der Waals surface area contributed by atoms with Crippen molar-refractivity contribution in [1.29, 1.82) is 10.5 Å². The highest BCUT2D eigenvalue weighted by Gasteiger charge is 2.16. The van der Waals surface area contributed by atoms with Gasteiger partial charge in [0.25, 0.3) is 0 Å². The molecule has 0 spiro atoms. The molecule has 0 saturated heterocycles. The molecular formula is C100H106N8O2. The molecule has 10 heteroatoms. The van der Waals surface area contributed by atoms with E-state index < -0.39 is 0 Å². The summed E-state index contributed by atoms with van der Waals surface area (Å²) >= 11 is 0. The molecule has 0 aliphatic heterocycles. The van der Waals surface area contributed by atoms with E-state index in [2.05, 4.69) is 196 Å². The second kappa shape index (κ2) is 44.9. The fraction of sp³-hybridized carbons (Fsp3) is 0.220. The Morgan fingerprint density at radius 3 is 1.25 bits per heavy atom. The third kappa shape index (κ3) is 32.1. The number of aromatic nitrogens is 6. The van der Waals surface area contributed by atoms with Gasteiger partial charge in [0.1, 0.15) is 28.2 Å². The molecule has 0 fully saturated rings. The molecule has 0 aliphatic carbocycles. The van der Waals surface area contributed by atoms with Crippen LogP contribution in [0.15, 0.2) is 276 Å². The third-order valence-corrected chi connectivity index (χ3v) is 16.1. The van der Waals surface area contributed by atoms with Crippen LogP contribution in [0, 0.1) is 144 Å². The molecule has 0 bridgehead atoms. The molecule has 0 amide bonds. The number of pyridine rings is 4. The van der Waals surface area contributed by atoms with Gasteiger partial charge >= 0.3 is 0 Å². The first-order valence-corrected chi connectivity index (χ1v) is 36.5. The average molecular weight is 1450 g/mol. The first-order chi connectivity index (χ1) is 52.4. The molecule has 558 valence electrons. The molecule has 15 rings (SSSR count). The Kier molecular flexibility index (Phi) is 35.9. The van der Waals surface area contributed by atoms with Gasteiger partial charge in [-0.15, -0.1) is 12.8 Å². The Hall–Kier alpha value is -12.9. The van der Waals surface area contributed by atoms with Crippen molar-refractivity contribution in [3.63, 3.8) is 0 Å². The standard InChI is InChI=1S/2C13H10O.C10H15N.C10H7N.C9H14N2.C9H8.C8H11N.C8H7N.C7H9N.C7H8.C6H7N/c1-9-5-4-7-11-10-6-2-3-8-12(10)14-13(9)11;1-9-6-7-13-11(8-9)10-4-2-3-5-12(10)14-13;1-8-7-9(5-6-11-8)10(2,3)4;1-3-9-4-8(2)5-10(6-9)7-11;1-7-5-10-8(11-6-7)9(2,3)4;1-3-9-6-4-8(2)5-7-9;1-6-4-7(2)9-8(3)5-6;1-7-3-2-4-8(5-7)6-9;1-6-4-3-5-7(2)8-6;1-7-5-3-2-4-6-7;1-6-4-2-3-5-7-6/h2*2-8H,1H3;5-7H,1-4H3;1,4-6H,2H3;5-6H,1-4H3;1,4-7H,2H3;4-5H,1-3H3;2-5H,1H3;3-5H,1-2H3;2-6H,1H3;2-5H,1H3. The maximum atomic E-state index is 8.56. The number of terminal acetylenes is 2. The number of benzene rings is 8. The van der Waals surface area contributed by atoms with Gasteiger partial charge in [0.2, 0.25) is 0 Å². The topological polar surface area (TPSA) is 151 Å². The molecular weight excluding hydrogens is 1350 g/mol. The van der Waals surface area contributed by atoms with Crippen LogP contribution < -0.4 is 0 Å². The van der Waals surface area contributed by atoms with Crippen LogP contribution in [0.4, 0.5) is 0 Å². The van der Waals surface area contributed by atoms with E-state index in [4.69, 9.17) is 32.2 Å². The smallest absolute Gasteiger partial charge is 0.138 e. The Labute approximate surface area is 655 Å². The molecule has 0 N–H and O–H groups in total. The molecule has 15 aromatic rings. The van der Waals surface area contributed by atoms with Crippen molar-refractivity contribution in [2.45, 2.75) is 149 Å². The fourth-order valence-corrected chi connectivity index (χ4v) is 10.5. The lowest BCUT2D eigenvalue weighted by Crippen LogP contribution is -2.15. The molecule has 10 nitrogen and oxygen atoms in total. The van der Waals surface area contributed by atoms with Crippen molar-refractivity contribution < 1.29 is 8.83 Å². The van der Waals surface area contributed by atoms with Crippen LogP contribution in [0.25, 0.3) is 43.9 Å². The Balaban J connectivity index is 0.000000218. The van der Waals surface area contributed by atoms with E-state index in [1.165, 1.54) is 54.9 Å². The molecule has 0 unspecified atom stereocenters. The van der Waals surface area contributed by atoms with Gasteiger partial charge in [-0.3, -0.25) is 19.9 Å². The number of hydrogen-bond acceptors (Lipinski definition) is 10. The summed E-state index contributed by atoms with van der Waals surface area (Å²) in [6, 6.07) is 84.2. The Morgan fingerprint density at radius 1 is 0.300 bits per heavy atom. The SMILES string of the molecule is C#Cc1cc(C)cc(C#N)c1.C#Cc1ccc(C)cc1.Cc1cc(C(C)(C)C)ccn1.Cc1cc(C)nc(C)c1.Cc1ccc2oc3ccccc3c2c1.Cc1cccc(C#N)c1.Cc1cccc(C)n1.Cc1cccc2c1oc1ccccc12.Cc1ccccc1.Cc1ccccn1.Cc1cnc(C(C)(C)C)nc1. The highest BCUT2D eigenvalue weighted by molar-refractivity contribution is 6.06. The van der Waals surface area contributed by atoms with E-state index in [0.717, 1.165) is 95.7 Å². The van der Waals surface area contributed by atoms with Gasteiger partial charge in [-0.05, 0) is 251 Å². The van der Waals surface area contributed by atoms with Crippen molar-refractivity contribution in [1.82, 2.24) is 29.9 Å². The number of aryl methyl sites for hydroxylation is 14. The lowest BCUT2D eigenvalue weighted by molar-refractivity contribution is 0.544. The van der Waals surface area contributed by atoms with E-state index in [0.29, 0.717) is 5.56 Å². The van der Waals surface area contributed by atoms with E-state index in [9.17, 15) is 0 Å². The number of fused-ring (bicyclic) bond motifs is 6. The maximum Gasteiger partial charge on any atom is 0.138 e. The van der Waals surface area contributed by atoms with Crippen LogP contribution in [-0.4, -0.2) is 29.9 Å². The normalized spacial score (nSPS) is 9.96. The van der Waals surface area contributed by atoms with Crippen molar-refractivity contribution in [3.8, 4) is 36.8 Å². The molecule has 0 saturated carbocycles. The van der Waals surface area contributed by atoms with Crippen LogP contribution in [0.2, 0.25) is 0 Å². The minimum absolute atomic E-state index is 0.0632. The van der Waals surface area contributed by atoms with Gasteiger partial charge in [0.05, 0.1) is 23.3 Å². The van der Waals surface area contributed by atoms with Crippen molar-refractivity contribution in [3.05, 3.63) is 380 Å². The zero-order chi connectivity index (χ0) is 80.8. The van der Waals surface area contributed by atoms with Crippen LogP contribution in [0.5, 0.6) is 0 Å². The lowest BCUT2D eigenvalue weighted by atomic mass is 9.87. The molecule has 0 radical (unpaired) electrons. The summed E-state index contributed by atoms with van der Waals surface area (Å²) in [6.45, 7) is 41.2. The number of rotatable bonds is 0. The van der Waals surface area contributed by atoms with Gasteiger partial charge < -0.3 is 8.83 Å². The van der Waals surface area contributed by atoms with E-state index in [1.54, 1.807) is 24.4 Å². The number of hydrogen-bond donors (Lipinski definition) is 0. The molecule has 110 heavy (non-hydrogen) atoms. The number of nitriles is 2. The van der Waals surface area contributed by atoms with E-state index in [-0.39, 0.29) is 10.8 Å². The second-order valence-corrected chi connectivity index (χ2v) is 28.7. The highest BCUT2D eigenvalue weighted by atomic mass is 16.3. The fourth-order valence-electron chi connectivity index (χ4n) is 10.5. The summed E-state index contributed by atoms with van der Waals surface area (Å²) in [7, 11) is 0. The molecule has 0 aliphatic rings. The van der Waals surface area contributed by atoms with Gasteiger partial charge in [-0.2, -0.15) is 10.5 Å². The summed E-state index contributed by atoms with van der Waals surface area (Å²) in [5.41, 5.74) is 24.8. The summed E-state index contributed by atoms with van der Waals surface area (Å²) in [5.74, 6) is 5.95. The monoisotopic (exact) mass is 1450 g/mol. The summed E-state index contributed by atoms with van der Waals surface area (Å²) in [6.07, 6.45) is 17.7. The van der Waals surface area contributed by atoms with Gasteiger partial charge in [0.15, 0.2) is 0 Å². The van der Waals surface area contributed by atoms with Crippen molar-refractivity contribution in [2.24, 2.45) is 0 Å². The third-order valence-electron chi connectivity index (χ3n) is 16.1. The van der Waals surface area contributed by atoms with Crippen molar-refractivity contribution >= 4 is 43.9 Å². The zero-order valence-electron chi connectivity index (χ0n) is 68.0. The second-order valence-electron chi connectivity index (χ2n) is 28.7. The first-order valence-electron chi connectivity index (χ1n) is 36.5. The average Bonchev–Trinajstić information content (AvgIpc) is 1.65. The van der Waals surface area contributed by atoms with Crippen molar-refractivity contribution in [2.75, 3.05) is 0 Å². The van der Waals surface area contributed by atoms with Gasteiger partial charge in [-0.1, -0.05) is 197 Å². The predicted molar refractivity (Wildman–Crippen MR) is 461 cm³/mol. The molecule has 0 atom stereocenters. The maximum absolute atomic E-state index is 8.56. The zero-order valence-corrected chi connectivity index (χ0v) is 68.0. The lowest BCUT2D eigenvalue weighted by Gasteiger charge is -2.18. The molecule has 7 heterocycles. The minimum Gasteiger partial charge on any atom is -0.456 e. The summed E-state index contributed by atoms with van der Waals surface area (Å²) in [5, 5.41) is 21.8. The number of nitrogens with zero attached hydrogens (tertiary/aromatic N) is 8. The van der Waals surface area contributed by atoms with Crippen LogP contribution in [-0.2, 0) is 10.8 Å². The quantitative estimate of drug-likeness (QED) is 0.134. The van der Waals surface area contributed by atoms with Gasteiger partial charge in [-0.25, -0.2) is 9.97 Å². The first kappa shape index (κ1) is 87.8. The summed E-state index contributed by atoms with van der Waals surface area (Å²) < 4.78 is 11.5. The van der Waals surface area contributed by atoms with Crippen LogP contribution in [0.3, 0.4) is 0 Å². The van der Waals surface area contributed by atoms with E-state index in [1.807, 2.05) is 239 Å². The van der Waals surface area contributed by atoms with Crippen LogP contribution in [0.1, 0.15) is 154 Å². The highest BCUT2D eigenvalue weighted by Crippen LogP contribution is 2.31. The van der Waals surface area contributed by atoms with Gasteiger partial charge in [0, 0.05) is 97.0 Å². The van der Waals surface area contributed by atoms with E-state index >= 15 is 0 Å². The molecule has 7 aromatic heterocycles. The van der Waals surface area contributed by atoms with Crippen LogP contribution >= 0.6 is 0 Å². The Bertz CT molecular complexity index is 5330. The summed E-state index contributed by atoms with van der Waals surface area (Å²) in [4.78, 5) is 25.0.